The maximum absolute atomic E-state index is 12.6. The van der Waals surface area contributed by atoms with Crippen molar-refractivity contribution >= 4 is 17.3 Å². The van der Waals surface area contributed by atoms with Gasteiger partial charge in [-0.1, -0.05) is 24.3 Å². The van der Waals surface area contributed by atoms with Crippen LogP contribution < -0.4 is 15.0 Å². The number of piperazine rings is 1. The van der Waals surface area contributed by atoms with E-state index < -0.39 is 12.8 Å². The Bertz CT molecular complexity index is 913. The van der Waals surface area contributed by atoms with Gasteiger partial charge in [0.1, 0.15) is 5.75 Å². The number of hydrogen-bond donors (Lipinski definition) is 1. The second-order valence-corrected chi connectivity index (χ2v) is 8.23. The van der Waals surface area contributed by atoms with Crippen molar-refractivity contribution in [3.05, 3.63) is 54.1 Å². The number of alkyl halides is 3. The van der Waals surface area contributed by atoms with E-state index in [1.165, 1.54) is 0 Å². The van der Waals surface area contributed by atoms with Crippen LogP contribution in [0, 0.1) is 0 Å². The lowest BCUT2D eigenvalue weighted by molar-refractivity contribution is -0.153. The monoisotopic (exact) mass is 464 g/mol. The molecule has 1 saturated heterocycles. The normalized spacial score (nSPS) is 14.8. The first-order chi connectivity index (χ1) is 15.7. The van der Waals surface area contributed by atoms with Gasteiger partial charge in [0.05, 0.1) is 11.3 Å². The van der Waals surface area contributed by atoms with Gasteiger partial charge in [-0.25, -0.2) is 0 Å². The molecule has 0 bridgehead atoms. The van der Waals surface area contributed by atoms with E-state index in [9.17, 15) is 18.0 Å². The molecule has 1 aliphatic heterocycles. The van der Waals surface area contributed by atoms with Crippen LogP contribution in [0.1, 0.15) is 16.8 Å². The summed E-state index contributed by atoms with van der Waals surface area (Å²) < 4.78 is 42.7. The summed E-state index contributed by atoms with van der Waals surface area (Å²) in [5, 5.41) is 3.36. The summed E-state index contributed by atoms with van der Waals surface area (Å²) in [6.07, 6.45) is -3.45. The standard InChI is InChI=1S/C24H31F3N4O2/c1-29(2)23(32)19-8-3-4-9-20(19)28-12-7-13-30-14-16-31(17-15-30)21-10-5-6-11-22(21)33-18-24(25,26)27/h3-6,8-11,28H,7,12-18H2,1-2H3. The van der Waals surface area contributed by atoms with E-state index in [1.54, 1.807) is 37.2 Å². The quantitative estimate of drug-likeness (QED) is 0.570. The third-order valence-corrected chi connectivity index (χ3v) is 5.50. The molecule has 2 aromatic carbocycles. The van der Waals surface area contributed by atoms with Crippen LogP contribution in [0.4, 0.5) is 24.5 Å². The third-order valence-electron chi connectivity index (χ3n) is 5.50. The van der Waals surface area contributed by atoms with Gasteiger partial charge in [-0.3, -0.25) is 9.69 Å². The molecule has 180 valence electrons. The van der Waals surface area contributed by atoms with Crippen LogP contribution in [0.2, 0.25) is 0 Å². The average molecular weight is 465 g/mol. The highest BCUT2D eigenvalue weighted by molar-refractivity contribution is 5.99. The fourth-order valence-electron chi connectivity index (χ4n) is 3.80. The van der Waals surface area contributed by atoms with E-state index in [1.807, 2.05) is 30.3 Å². The average Bonchev–Trinajstić information content (AvgIpc) is 2.80. The summed E-state index contributed by atoms with van der Waals surface area (Å²) in [7, 11) is 3.47. The van der Waals surface area contributed by atoms with Gasteiger partial charge in [-0.2, -0.15) is 13.2 Å². The number of anilines is 2. The molecule has 0 saturated carbocycles. The number of rotatable bonds is 9. The zero-order valence-electron chi connectivity index (χ0n) is 19.1. The second kappa shape index (κ2) is 11.3. The number of halogens is 3. The van der Waals surface area contributed by atoms with Crippen molar-refractivity contribution in [1.29, 1.82) is 0 Å². The van der Waals surface area contributed by atoms with Crippen LogP contribution >= 0.6 is 0 Å². The fraction of sp³-hybridized carbons (Fsp3) is 0.458. The largest absolute Gasteiger partial charge is 0.482 e. The Morgan fingerprint density at radius 2 is 1.70 bits per heavy atom. The molecular formula is C24H31F3N4O2. The van der Waals surface area contributed by atoms with E-state index in [-0.39, 0.29) is 11.7 Å². The van der Waals surface area contributed by atoms with Crippen molar-refractivity contribution in [1.82, 2.24) is 9.80 Å². The maximum atomic E-state index is 12.6. The lowest BCUT2D eigenvalue weighted by Gasteiger charge is -2.36. The first kappa shape index (κ1) is 24.7. The molecule has 33 heavy (non-hydrogen) atoms. The summed E-state index contributed by atoms with van der Waals surface area (Å²) in [5.41, 5.74) is 2.18. The van der Waals surface area contributed by atoms with E-state index in [0.717, 1.165) is 51.4 Å². The summed E-state index contributed by atoms with van der Waals surface area (Å²) in [6, 6.07) is 14.4. The molecule has 1 fully saturated rings. The minimum absolute atomic E-state index is 0.0336. The van der Waals surface area contributed by atoms with Crippen molar-refractivity contribution < 1.29 is 22.7 Å². The molecule has 0 spiro atoms. The predicted molar refractivity (Wildman–Crippen MR) is 124 cm³/mol. The van der Waals surface area contributed by atoms with Gasteiger partial charge < -0.3 is 19.9 Å². The Morgan fingerprint density at radius 3 is 2.39 bits per heavy atom. The highest BCUT2D eigenvalue weighted by Crippen LogP contribution is 2.30. The number of para-hydroxylation sites is 3. The first-order valence-electron chi connectivity index (χ1n) is 11.0. The SMILES string of the molecule is CN(C)C(=O)c1ccccc1NCCCN1CCN(c2ccccc2OCC(F)(F)F)CC1. The number of nitrogens with zero attached hydrogens (tertiary/aromatic N) is 3. The Kier molecular flexibility index (Phi) is 8.43. The van der Waals surface area contributed by atoms with E-state index in [0.29, 0.717) is 11.3 Å². The summed E-state index contributed by atoms with van der Waals surface area (Å²) in [5.74, 6) is 0.229. The van der Waals surface area contributed by atoms with Gasteiger partial charge in [-0.15, -0.1) is 0 Å². The smallest absolute Gasteiger partial charge is 0.422 e. The molecule has 0 atom stereocenters. The third kappa shape index (κ3) is 7.28. The van der Waals surface area contributed by atoms with E-state index in [4.69, 9.17) is 4.74 Å². The molecule has 1 aliphatic rings. The number of amides is 1. The predicted octanol–water partition coefficient (Wildman–Crippen LogP) is 3.95. The number of carbonyl (C=O) groups is 1. The lowest BCUT2D eigenvalue weighted by atomic mass is 10.1. The Balaban J connectivity index is 1.45. The van der Waals surface area contributed by atoms with Crippen molar-refractivity contribution in [2.45, 2.75) is 12.6 Å². The zero-order chi connectivity index (χ0) is 23.8. The molecular weight excluding hydrogens is 433 g/mol. The Hall–Kier alpha value is -2.94. The highest BCUT2D eigenvalue weighted by Gasteiger charge is 2.29. The highest BCUT2D eigenvalue weighted by atomic mass is 19.4. The van der Waals surface area contributed by atoms with Crippen molar-refractivity contribution in [3.63, 3.8) is 0 Å². The molecule has 1 N–H and O–H groups in total. The van der Waals surface area contributed by atoms with Crippen LogP contribution in [0.3, 0.4) is 0 Å². The van der Waals surface area contributed by atoms with Gasteiger partial charge in [0.15, 0.2) is 6.61 Å². The van der Waals surface area contributed by atoms with Gasteiger partial charge in [0, 0.05) is 52.5 Å². The molecule has 3 rings (SSSR count). The molecule has 1 amide bonds. The van der Waals surface area contributed by atoms with Gasteiger partial charge >= 0.3 is 6.18 Å². The molecule has 0 unspecified atom stereocenters. The number of hydrogen-bond acceptors (Lipinski definition) is 5. The van der Waals surface area contributed by atoms with Crippen LogP contribution in [-0.2, 0) is 0 Å². The van der Waals surface area contributed by atoms with Gasteiger partial charge in [-0.05, 0) is 37.2 Å². The Morgan fingerprint density at radius 1 is 1.03 bits per heavy atom. The summed E-state index contributed by atoms with van der Waals surface area (Å²) in [4.78, 5) is 18.3. The van der Waals surface area contributed by atoms with Crippen LogP contribution in [0.25, 0.3) is 0 Å². The number of carbonyl (C=O) groups excluding carboxylic acids is 1. The van der Waals surface area contributed by atoms with E-state index >= 15 is 0 Å². The van der Waals surface area contributed by atoms with Gasteiger partial charge in [0.2, 0.25) is 0 Å². The molecule has 1 heterocycles. The van der Waals surface area contributed by atoms with Crippen molar-refractivity contribution in [2.24, 2.45) is 0 Å². The van der Waals surface area contributed by atoms with Crippen molar-refractivity contribution in [3.8, 4) is 5.75 Å². The van der Waals surface area contributed by atoms with Crippen LogP contribution in [0.15, 0.2) is 48.5 Å². The molecule has 0 aromatic heterocycles. The van der Waals surface area contributed by atoms with Gasteiger partial charge in [0.25, 0.3) is 5.91 Å². The fourth-order valence-corrected chi connectivity index (χ4v) is 3.80. The van der Waals surface area contributed by atoms with Crippen LogP contribution in [-0.4, -0.2) is 81.9 Å². The molecule has 6 nitrogen and oxygen atoms in total. The first-order valence-corrected chi connectivity index (χ1v) is 11.0. The molecule has 0 radical (unpaired) electrons. The summed E-state index contributed by atoms with van der Waals surface area (Å²) in [6.45, 7) is 3.44. The molecule has 9 heteroatoms. The number of benzene rings is 2. The van der Waals surface area contributed by atoms with Crippen LogP contribution in [0.5, 0.6) is 5.75 Å². The minimum atomic E-state index is -4.36. The summed E-state index contributed by atoms with van der Waals surface area (Å²) >= 11 is 0. The minimum Gasteiger partial charge on any atom is -0.482 e. The lowest BCUT2D eigenvalue weighted by Crippen LogP contribution is -2.47. The molecule has 0 aliphatic carbocycles. The maximum Gasteiger partial charge on any atom is 0.422 e. The molecule has 2 aromatic rings. The second-order valence-electron chi connectivity index (χ2n) is 8.23. The number of nitrogens with one attached hydrogen (secondary N) is 1. The Labute approximate surface area is 192 Å². The van der Waals surface area contributed by atoms with Crippen molar-refractivity contribution in [2.75, 3.05) is 70.2 Å². The van der Waals surface area contributed by atoms with E-state index in [2.05, 4.69) is 15.1 Å². The zero-order valence-corrected chi connectivity index (χ0v) is 19.1. The topological polar surface area (TPSA) is 48.1 Å². The number of ether oxygens (including phenoxy) is 1.